The van der Waals surface area contributed by atoms with Crippen LogP contribution in [0.25, 0.3) is 0 Å². The summed E-state index contributed by atoms with van der Waals surface area (Å²) in [6.07, 6.45) is 5.56. The van der Waals surface area contributed by atoms with Gasteiger partial charge in [-0.3, -0.25) is 14.6 Å². The van der Waals surface area contributed by atoms with Gasteiger partial charge in [0.2, 0.25) is 0 Å². The van der Waals surface area contributed by atoms with E-state index < -0.39 is 11.5 Å². The zero-order valence-electron chi connectivity index (χ0n) is 12.6. The number of aromatic nitrogens is 3. The summed E-state index contributed by atoms with van der Waals surface area (Å²) in [4.78, 5) is 35.2. The molecule has 114 valence electrons. The molecule has 0 aromatic carbocycles. The number of carbonyl (C=O) groups is 1. The molecule has 2 aromatic rings. The molecule has 0 bridgehead atoms. The van der Waals surface area contributed by atoms with E-state index in [0.29, 0.717) is 17.3 Å². The summed E-state index contributed by atoms with van der Waals surface area (Å²) >= 11 is 0. The molecular weight excluding hydrogens is 280 g/mol. The van der Waals surface area contributed by atoms with E-state index >= 15 is 0 Å². The highest BCUT2D eigenvalue weighted by Crippen LogP contribution is 2.40. The van der Waals surface area contributed by atoms with Crippen molar-refractivity contribution in [1.29, 1.82) is 0 Å². The Morgan fingerprint density at radius 2 is 2.00 bits per heavy atom. The Kier molecular flexibility index (Phi) is 3.75. The minimum atomic E-state index is -0.454. The number of nitrogens with one attached hydrogen (secondary N) is 2. The molecule has 0 spiro atoms. The van der Waals surface area contributed by atoms with Crippen LogP contribution in [-0.4, -0.2) is 20.9 Å². The first-order valence-corrected chi connectivity index (χ1v) is 7.34. The molecule has 2 aromatic heterocycles. The van der Waals surface area contributed by atoms with Crippen molar-refractivity contribution in [2.24, 2.45) is 5.92 Å². The quantitative estimate of drug-likeness (QED) is 0.898. The van der Waals surface area contributed by atoms with Crippen molar-refractivity contribution in [2.75, 3.05) is 0 Å². The van der Waals surface area contributed by atoms with Gasteiger partial charge < -0.3 is 10.3 Å². The molecule has 3 rings (SSSR count). The molecule has 1 saturated carbocycles. The van der Waals surface area contributed by atoms with Crippen LogP contribution in [0.15, 0.2) is 29.3 Å². The van der Waals surface area contributed by atoms with Crippen LogP contribution in [0.5, 0.6) is 0 Å². The lowest BCUT2D eigenvalue weighted by Crippen LogP contribution is -2.35. The van der Waals surface area contributed by atoms with Crippen LogP contribution in [0.3, 0.4) is 0 Å². The summed E-state index contributed by atoms with van der Waals surface area (Å²) < 4.78 is 0. The van der Waals surface area contributed by atoms with Crippen molar-refractivity contribution < 1.29 is 4.79 Å². The van der Waals surface area contributed by atoms with Crippen LogP contribution in [0.1, 0.15) is 46.3 Å². The highest BCUT2D eigenvalue weighted by molar-refractivity contribution is 5.92. The number of hydrogen-bond acceptors (Lipinski definition) is 4. The maximum Gasteiger partial charge on any atom is 0.279 e. The van der Waals surface area contributed by atoms with Crippen LogP contribution in [0.2, 0.25) is 0 Å². The van der Waals surface area contributed by atoms with Gasteiger partial charge in [0.05, 0.1) is 11.7 Å². The molecule has 1 amide bonds. The summed E-state index contributed by atoms with van der Waals surface area (Å²) in [6.45, 7) is 3.53. The molecule has 6 nitrogen and oxygen atoms in total. The Hall–Kier alpha value is -2.50. The fourth-order valence-corrected chi connectivity index (χ4v) is 2.46. The average Bonchev–Trinajstić information content (AvgIpc) is 3.34. The summed E-state index contributed by atoms with van der Waals surface area (Å²) in [5.74, 6) is -0.0185. The van der Waals surface area contributed by atoms with Crippen molar-refractivity contribution in [3.05, 3.63) is 57.5 Å². The van der Waals surface area contributed by atoms with Gasteiger partial charge in [-0.25, -0.2) is 4.98 Å². The van der Waals surface area contributed by atoms with E-state index in [0.717, 1.165) is 18.4 Å². The number of aryl methyl sites for hydroxylation is 2. The SMILES string of the molecule is Cc1nc(C(=O)N[C@H](c2ccncc2)C2CC2)c(=O)[nH]c1C. The van der Waals surface area contributed by atoms with Gasteiger partial charge in [0, 0.05) is 18.1 Å². The minimum absolute atomic E-state index is 0.0807. The van der Waals surface area contributed by atoms with Crippen molar-refractivity contribution in [1.82, 2.24) is 20.3 Å². The summed E-state index contributed by atoms with van der Waals surface area (Å²) in [5.41, 5.74) is 1.80. The van der Waals surface area contributed by atoms with Gasteiger partial charge in [-0.1, -0.05) is 0 Å². The largest absolute Gasteiger partial charge is 0.343 e. The van der Waals surface area contributed by atoms with Gasteiger partial charge in [0.1, 0.15) is 0 Å². The first-order valence-electron chi connectivity index (χ1n) is 7.34. The van der Waals surface area contributed by atoms with Gasteiger partial charge in [-0.05, 0) is 50.3 Å². The molecule has 0 unspecified atom stereocenters. The normalized spacial score (nSPS) is 15.4. The number of rotatable bonds is 4. The van der Waals surface area contributed by atoms with Crippen LogP contribution >= 0.6 is 0 Å². The summed E-state index contributed by atoms with van der Waals surface area (Å²) in [7, 11) is 0. The van der Waals surface area contributed by atoms with Gasteiger partial charge in [-0.15, -0.1) is 0 Å². The number of pyridine rings is 1. The summed E-state index contributed by atoms with van der Waals surface area (Å²) in [6, 6.07) is 3.68. The number of amides is 1. The van der Waals surface area contributed by atoms with Crippen molar-refractivity contribution in [2.45, 2.75) is 32.7 Å². The zero-order chi connectivity index (χ0) is 15.7. The zero-order valence-corrected chi connectivity index (χ0v) is 12.6. The highest BCUT2D eigenvalue weighted by atomic mass is 16.2. The predicted molar refractivity (Wildman–Crippen MR) is 81.5 cm³/mol. The molecule has 1 aliphatic carbocycles. The molecular formula is C16H18N4O2. The second-order valence-corrected chi connectivity index (χ2v) is 5.69. The molecule has 6 heteroatoms. The summed E-state index contributed by atoms with van der Waals surface area (Å²) in [5, 5.41) is 2.95. The third-order valence-electron chi connectivity index (χ3n) is 4.00. The molecule has 1 aliphatic rings. The van der Waals surface area contributed by atoms with Gasteiger partial charge >= 0.3 is 0 Å². The standard InChI is InChI=1S/C16H18N4O2/c1-9-10(2)19-15(21)14(18-9)16(22)20-13(11-3-4-11)12-5-7-17-8-6-12/h5-8,11,13H,3-4H2,1-2H3,(H,19,21)(H,20,22)/t13-/m0/s1. The smallest absolute Gasteiger partial charge is 0.279 e. The van der Waals surface area contributed by atoms with E-state index in [1.807, 2.05) is 12.1 Å². The fourth-order valence-electron chi connectivity index (χ4n) is 2.46. The maximum absolute atomic E-state index is 12.4. The molecule has 1 fully saturated rings. The number of aromatic amines is 1. The number of H-pyrrole nitrogens is 1. The van der Waals surface area contributed by atoms with Gasteiger partial charge in [0.15, 0.2) is 5.69 Å². The van der Waals surface area contributed by atoms with Gasteiger partial charge in [-0.2, -0.15) is 0 Å². The van der Waals surface area contributed by atoms with E-state index in [9.17, 15) is 9.59 Å². The second kappa shape index (κ2) is 5.71. The molecule has 2 heterocycles. The number of carbonyl (C=O) groups excluding carboxylic acids is 1. The van der Waals surface area contributed by atoms with Crippen LogP contribution in [0, 0.1) is 19.8 Å². The monoisotopic (exact) mass is 298 g/mol. The fraction of sp³-hybridized carbons (Fsp3) is 0.375. The first kappa shape index (κ1) is 14.4. The third kappa shape index (κ3) is 2.90. The highest BCUT2D eigenvalue weighted by Gasteiger charge is 2.34. The molecule has 1 atom stereocenters. The van der Waals surface area contributed by atoms with Crippen LogP contribution < -0.4 is 10.9 Å². The van der Waals surface area contributed by atoms with Crippen molar-refractivity contribution in [3.8, 4) is 0 Å². The van der Waals surface area contributed by atoms with E-state index in [1.165, 1.54) is 0 Å². The third-order valence-corrected chi connectivity index (χ3v) is 4.00. The number of hydrogen-bond donors (Lipinski definition) is 2. The predicted octanol–water partition coefficient (Wildman–Crippen LogP) is 1.66. The Balaban J connectivity index is 1.86. The van der Waals surface area contributed by atoms with Crippen LogP contribution in [-0.2, 0) is 0 Å². The lowest BCUT2D eigenvalue weighted by molar-refractivity contribution is 0.0924. The Labute approximate surface area is 128 Å². The van der Waals surface area contributed by atoms with E-state index in [4.69, 9.17) is 0 Å². The Bertz CT molecular complexity index is 750. The molecule has 2 N–H and O–H groups in total. The van der Waals surface area contributed by atoms with Crippen molar-refractivity contribution in [3.63, 3.8) is 0 Å². The molecule has 22 heavy (non-hydrogen) atoms. The second-order valence-electron chi connectivity index (χ2n) is 5.69. The maximum atomic E-state index is 12.4. The lowest BCUT2D eigenvalue weighted by Gasteiger charge is -2.18. The molecule has 0 radical (unpaired) electrons. The topological polar surface area (TPSA) is 87.7 Å². The van der Waals surface area contributed by atoms with Crippen molar-refractivity contribution >= 4 is 5.91 Å². The first-order chi connectivity index (χ1) is 10.6. The Morgan fingerprint density at radius 1 is 1.32 bits per heavy atom. The Morgan fingerprint density at radius 3 is 2.64 bits per heavy atom. The number of nitrogens with zero attached hydrogens (tertiary/aromatic N) is 2. The average molecular weight is 298 g/mol. The minimum Gasteiger partial charge on any atom is -0.343 e. The van der Waals surface area contributed by atoms with Gasteiger partial charge in [0.25, 0.3) is 11.5 Å². The molecule has 0 aliphatic heterocycles. The van der Waals surface area contributed by atoms with E-state index in [1.54, 1.807) is 26.2 Å². The van der Waals surface area contributed by atoms with Crippen LogP contribution in [0.4, 0.5) is 0 Å². The van der Waals surface area contributed by atoms with E-state index in [2.05, 4.69) is 20.3 Å². The lowest BCUT2D eigenvalue weighted by atomic mass is 10.0. The molecule has 0 saturated heterocycles. The van der Waals surface area contributed by atoms with E-state index in [-0.39, 0.29) is 11.7 Å².